The van der Waals surface area contributed by atoms with Crippen molar-refractivity contribution in [3.05, 3.63) is 52.6 Å². The molecule has 1 aliphatic rings. The second-order valence-corrected chi connectivity index (χ2v) is 7.33. The standard InChI is InChI=1S/C19H23ClN4S/c1-14-3-2-4-15(13-14)9-10-21-11-12-22-19-23-18(24-25-19)16-5-7-17(20)8-6-16/h3,5-8,13,21H,2,4,9-12H2,1H3,(H,22,23,24). The molecular formula is C19H23ClN4S. The number of benzene rings is 1. The molecule has 25 heavy (non-hydrogen) atoms. The summed E-state index contributed by atoms with van der Waals surface area (Å²) in [7, 11) is 0. The molecular weight excluding hydrogens is 352 g/mol. The predicted molar refractivity (Wildman–Crippen MR) is 107 cm³/mol. The number of anilines is 1. The number of allylic oxidation sites excluding steroid dienone is 3. The van der Waals surface area contributed by atoms with E-state index in [0.29, 0.717) is 0 Å². The molecule has 0 atom stereocenters. The summed E-state index contributed by atoms with van der Waals surface area (Å²) in [5.74, 6) is 0.741. The van der Waals surface area contributed by atoms with Gasteiger partial charge >= 0.3 is 0 Å². The summed E-state index contributed by atoms with van der Waals surface area (Å²) in [5.41, 5.74) is 3.93. The Kier molecular flexibility index (Phi) is 6.62. The van der Waals surface area contributed by atoms with Crippen molar-refractivity contribution in [1.82, 2.24) is 14.7 Å². The Bertz CT molecular complexity index is 749. The average molecular weight is 375 g/mol. The first kappa shape index (κ1) is 18.1. The second kappa shape index (κ2) is 9.13. The van der Waals surface area contributed by atoms with Gasteiger partial charge in [0.1, 0.15) is 0 Å². The van der Waals surface area contributed by atoms with E-state index in [1.165, 1.54) is 29.9 Å². The van der Waals surface area contributed by atoms with Crippen LogP contribution in [0.3, 0.4) is 0 Å². The van der Waals surface area contributed by atoms with Gasteiger partial charge in [0, 0.05) is 35.2 Å². The average Bonchev–Trinajstić information content (AvgIpc) is 3.07. The van der Waals surface area contributed by atoms with E-state index >= 15 is 0 Å². The smallest absolute Gasteiger partial charge is 0.202 e. The van der Waals surface area contributed by atoms with Crippen LogP contribution < -0.4 is 10.6 Å². The second-order valence-electron chi connectivity index (χ2n) is 6.15. The molecule has 6 heteroatoms. The van der Waals surface area contributed by atoms with Crippen molar-refractivity contribution in [1.29, 1.82) is 0 Å². The first-order valence-electron chi connectivity index (χ1n) is 8.61. The Labute approximate surface area is 158 Å². The molecule has 4 nitrogen and oxygen atoms in total. The van der Waals surface area contributed by atoms with Gasteiger partial charge in [-0.1, -0.05) is 34.9 Å². The van der Waals surface area contributed by atoms with Crippen LogP contribution in [0.25, 0.3) is 11.4 Å². The highest BCUT2D eigenvalue weighted by Crippen LogP contribution is 2.22. The van der Waals surface area contributed by atoms with E-state index in [4.69, 9.17) is 11.6 Å². The van der Waals surface area contributed by atoms with E-state index in [-0.39, 0.29) is 0 Å². The first-order valence-corrected chi connectivity index (χ1v) is 9.76. The highest BCUT2D eigenvalue weighted by Gasteiger charge is 2.06. The third-order valence-electron chi connectivity index (χ3n) is 4.09. The summed E-state index contributed by atoms with van der Waals surface area (Å²) in [4.78, 5) is 4.52. The van der Waals surface area contributed by atoms with Gasteiger partial charge in [-0.2, -0.15) is 9.36 Å². The molecule has 0 unspecified atom stereocenters. The van der Waals surface area contributed by atoms with Crippen LogP contribution in [0.1, 0.15) is 26.2 Å². The number of nitrogens with zero attached hydrogens (tertiary/aromatic N) is 2. The van der Waals surface area contributed by atoms with E-state index in [0.717, 1.165) is 47.6 Å². The molecule has 2 N–H and O–H groups in total. The third kappa shape index (κ3) is 5.66. The van der Waals surface area contributed by atoms with Gasteiger partial charge in [-0.3, -0.25) is 0 Å². The van der Waals surface area contributed by atoms with Crippen molar-refractivity contribution in [3.8, 4) is 11.4 Å². The van der Waals surface area contributed by atoms with Crippen LogP contribution in [0.4, 0.5) is 5.13 Å². The lowest BCUT2D eigenvalue weighted by molar-refractivity contribution is 0.681. The number of halogens is 1. The summed E-state index contributed by atoms with van der Waals surface area (Å²) < 4.78 is 4.39. The van der Waals surface area contributed by atoms with Gasteiger partial charge in [-0.15, -0.1) is 0 Å². The summed E-state index contributed by atoms with van der Waals surface area (Å²) in [6.45, 7) is 4.95. The molecule has 0 amide bonds. The number of aromatic nitrogens is 2. The van der Waals surface area contributed by atoms with E-state index in [1.807, 2.05) is 24.3 Å². The molecule has 0 saturated carbocycles. The van der Waals surface area contributed by atoms with Crippen molar-refractivity contribution < 1.29 is 0 Å². The minimum absolute atomic E-state index is 0.721. The lowest BCUT2D eigenvalue weighted by Crippen LogP contribution is -2.23. The van der Waals surface area contributed by atoms with Gasteiger partial charge < -0.3 is 10.6 Å². The zero-order chi connectivity index (χ0) is 17.5. The van der Waals surface area contributed by atoms with Gasteiger partial charge in [0.25, 0.3) is 0 Å². The SMILES string of the molecule is CC1=CCCC(CCNCCNc2nc(-c3ccc(Cl)cc3)ns2)=C1. The maximum absolute atomic E-state index is 5.91. The number of nitrogens with one attached hydrogen (secondary N) is 2. The summed E-state index contributed by atoms with van der Waals surface area (Å²) in [6, 6.07) is 7.58. The zero-order valence-electron chi connectivity index (χ0n) is 14.4. The number of hydrogen-bond acceptors (Lipinski definition) is 5. The largest absolute Gasteiger partial charge is 0.359 e. The van der Waals surface area contributed by atoms with E-state index < -0.39 is 0 Å². The summed E-state index contributed by atoms with van der Waals surface area (Å²) in [5, 5.41) is 8.38. The summed E-state index contributed by atoms with van der Waals surface area (Å²) >= 11 is 7.29. The molecule has 1 aromatic heterocycles. The molecule has 0 spiro atoms. The molecule has 1 heterocycles. The Hall–Kier alpha value is -1.69. The summed E-state index contributed by atoms with van der Waals surface area (Å²) in [6.07, 6.45) is 8.15. The van der Waals surface area contributed by atoms with E-state index in [1.54, 1.807) is 5.57 Å². The molecule has 0 aliphatic heterocycles. The lowest BCUT2D eigenvalue weighted by Gasteiger charge is -2.12. The van der Waals surface area contributed by atoms with Crippen LogP contribution in [0.5, 0.6) is 0 Å². The third-order valence-corrected chi connectivity index (χ3v) is 5.02. The molecule has 2 aromatic rings. The first-order chi connectivity index (χ1) is 12.2. The Morgan fingerprint density at radius 3 is 2.80 bits per heavy atom. The maximum Gasteiger partial charge on any atom is 0.202 e. The van der Waals surface area contributed by atoms with Gasteiger partial charge in [0.2, 0.25) is 5.13 Å². The minimum atomic E-state index is 0.721. The van der Waals surface area contributed by atoms with E-state index in [2.05, 4.69) is 39.1 Å². The molecule has 0 saturated heterocycles. The van der Waals surface area contributed by atoms with Gasteiger partial charge in [-0.25, -0.2) is 0 Å². The minimum Gasteiger partial charge on any atom is -0.359 e. The van der Waals surface area contributed by atoms with Crippen LogP contribution in [0.15, 0.2) is 47.6 Å². The van der Waals surface area contributed by atoms with Crippen LogP contribution in [0.2, 0.25) is 5.02 Å². The van der Waals surface area contributed by atoms with Crippen molar-refractivity contribution in [3.63, 3.8) is 0 Å². The number of hydrogen-bond donors (Lipinski definition) is 2. The monoisotopic (exact) mass is 374 g/mol. The van der Waals surface area contributed by atoms with Crippen molar-refractivity contribution in [2.45, 2.75) is 26.2 Å². The molecule has 0 bridgehead atoms. The lowest BCUT2D eigenvalue weighted by atomic mass is 9.98. The molecule has 0 radical (unpaired) electrons. The van der Waals surface area contributed by atoms with Crippen molar-refractivity contribution in [2.24, 2.45) is 0 Å². The van der Waals surface area contributed by atoms with Crippen LogP contribution >= 0.6 is 23.1 Å². The van der Waals surface area contributed by atoms with Crippen molar-refractivity contribution in [2.75, 3.05) is 25.0 Å². The Morgan fingerprint density at radius 2 is 2.00 bits per heavy atom. The fraction of sp³-hybridized carbons (Fsp3) is 0.368. The fourth-order valence-electron chi connectivity index (χ4n) is 2.78. The van der Waals surface area contributed by atoms with Gasteiger partial charge in [-0.05, 0) is 57.0 Å². The highest BCUT2D eigenvalue weighted by atomic mass is 35.5. The zero-order valence-corrected chi connectivity index (χ0v) is 16.0. The quantitative estimate of drug-likeness (QED) is 0.644. The Balaban J connectivity index is 1.35. The van der Waals surface area contributed by atoms with Crippen molar-refractivity contribution >= 4 is 28.3 Å². The molecule has 3 rings (SSSR count). The number of rotatable bonds is 8. The highest BCUT2D eigenvalue weighted by molar-refractivity contribution is 7.09. The van der Waals surface area contributed by atoms with Gasteiger partial charge in [0.05, 0.1) is 0 Å². The molecule has 132 valence electrons. The van der Waals surface area contributed by atoms with Crippen LogP contribution in [-0.4, -0.2) is 29.0 Å². The topological polar surface area (TPSA) is 49.8 Å². The Morgan fingerprint density at radius 1 is 1.16 bits per heavy atom. The normalized spacial score (nSPS) is 14.2. The predicted octanol–water partition coefficient (Wildman–Crippen LogP) is 4.92. The van der Waals surface area contributed by atoms with Crippen LogP contribution in [0, 0.1) is 0 Å². The van der Waals surface area contributed by atoms with Crippen LogP contribution in [-0.2, 0) is 0 Å². The molecule has 1 aliphatic carbocycles. The van der Waals surface area contributed by atoms with Gasteiger partial charge in [0.15, 0.2) is 5.82 Å². The molecule has 0 fully saturated rings. The maximum atomic E-state index is 5.91. The fourth-order valence-corrected chi connectivity index (χ4v) is 3.52. The van der Waals surface area contributed by atoms with E-state index in [9.17, 15) is 0 Å². The molecule has 1 aromatic carbocycles.